The van der Waals surface area contributed by atoms with Crippen molar-refractivity contribution in [3.05, 3.63) is 317 Å². The second-order valence-electron chi connectivity index (χ2n) is 17.9. The molecule has 0 aromatic heterocycles. The van der Waals surface area contributed by atoms with Crippen LogP contribution < -0.4 is 4.90 Å². The van der Waals surface area contributed by atoms with Crippen LogP contribution in [0.25, 0.3) is 44.2 Å². The van der Waals surface area contributed by atoms with Gasteiger partial charge in [-0.15, -0.1) is 0 Å². The molecule has 2 aliphatic rings. The average Bonchev–Trinajstić information content (AvgIpc) is 3.89. The van der Waals surface area contributed by atoms with E-state index in [-0.39, 0.29) is 0 Å². The third-order valence-electron chi connectivity index (χ3n) is 14.6. The Morgan fingerprint density at radius 3 is 1.28 bits per heavy atom. The molecule has 0 fully saturated rings. The molecule has 1 nitrogen and oxygen atoms in total. The summed E-state index contributed by atoms with van der Waals surface area (Å²) in [4.78, 5) is 2.48. The van der Waals surface area contributed by atoms with Crippen molar-refractivity contribution < 1.29 is 0 Å². The van der Waals surface area contributed by atoms with Gasteiger partial charge in [0.05, 0.1) is 10.8 Å². The van der Waals surface area contributed by atoms with Crippen LogP contribution in [-0.2, 0) is 10.8 Å². The van der Waals surface area contributed by atoms with E-state index in [1.54, 1.807) is 0 Å². The zero-order chi connectivity index (χ0) is 44.4. The molecule has 0 unspecified atom stereocenters. The number of anilines is 3. The zero-order valence-electron chi connectivity index (χ0n) is 36.9. The summed E-state index contributed by atoms with van der Waals surface area (Å²) in [5, 5.41) is 2.49. The minimum atomic E-state index is -0.648. The molecule has 0 saturated carbocycles. The predicted molar refractivity (Wildman–Crippen MR) is 279 cm³/mol. The normalized spacial score (nSPS) is 13.6. The molecule has 0 amide bonds. The molecule has 314 valence electrons. The Balaban J connectivity index is 1.12. The van der Waals surface area contributed by atoms with Crippen LogP contribution in [0.4, 0.5) is 17.1 Å². The number of benzene rings is 11. The second-order valence-corrected chi connectivity index (χ2v) is 17.9. The molecule has 1 heteroatoms. The van der Waals surface area contributed by atoms with Gasteiger partial charge in [-0.25, -0.2) is 0 Å². The van der Waals surface area contributed by atoms with E-state index in [9.17, 15) is 0 Å². The van der Waals surface area contributed by atoms with Gasteiger partial charge in [-0.2, -0.15) is 0 Å². The van der Waals surface area contributed by atoms with Gasteiger partial charge >= 0.3 is 0 Å². The van der Waals surface area contributed by atoms with E-state index in [2.05, 4.69) is 278 Å². The first-order valence-corrected chi connectivity index (χ1v) is 23.3. The summed E-state index contributed by atoms with van der Waals surface area (Å²) in [5.74, 6) is 0. The van der Waals surface area contributed by atoms with E-state index >= 15 is 0 Å². The molecule has 13 rings (SSSR count). The number of para-hydroxylation sites is 1. The summed E-state index contributed by atoms with van der Waals surface area (Å²) < 4.78 is 0. The monoisotopic (exact) mass is 851 g/mol. The van der Waals surface area contributed by atoms with Crippen LogP contribution in [0.5, 0.6) is 0 Å². The van der Waals surface area contributed by atoms with E-state index in [1.165, 1.54) is 88.7 Å². The molecule has 2 aliphatic carbocycles. The highest BCUT2D eigenvalue weighted by molar-refractivity contribution is 6.07. The van der Waals surface area contributed by atoms with Gasteiger partial charge in [0.1, 0.15) is 0 Å². The van der Waals surface area contributed by atoms with Gasteiger partial charge in [0, 0.05) is 17.1 Å². The van der Waals surface area contributed by atoms with Gasteiger partial charge in [0.15, 0.2) is 0 Å². The summed E-state index contributed by atoms with van der Waals surface area (Å²) >= 11 is 0. The van der Waals surface area contributed by atoms with Crippen molar-refractivity contribution in [1.82, 2.24) is 0 Å². The topological polar surface area (TPSA) is 3.24 Å². The van der Waals surface area contributed by atoms with Crippen molar-refractivity contribution in [3.63, 3.8) is 0 Å². The van der Waals surface area contributed by atoms with Crippen molar-refractivity contribution in [2.75, 3.05) is 4.90 Å². The lowest BCUT2D eigenvalue weighted by molar-refractivity contribution is 0.768. The highest BCUT2D eigenvalue weighted by Crippen LogP contribution is 2.62. The maximum Gasteiger partial charge on any atom is 0.0720 e. The standard InChI is InChI=1S/C66H45N/c1-7-23-46(24-8-1)59-43-47-25-19-20-36-55(47)64-63(59)58-42-40-54(45-62(58)66(64,50-30-13-4-14-31-50)51-32-15-5-16-33-51)67(52-34-17-6-18-35-52)53-39-41-57-56-37-21-22-38-60(56)65(61(57)44-53,48-26-9-2-10-27-48)49-28-11-3-12-29-49/h1-45H. The summed E-state index contributed by atoms with van der Waals surface area (Å²) in [5.41, 5.74) is 19.8. The number of fused-ring (bicyclic) bond motifs is 8. The third kappa shape index (κ3) is 5.75. The average molecular weight is 852 g/mol. The Hall–Kier alpha value is -8.52. The van der Waals surface area contributed by atoms with E-state index in [4.69, 9.17) is 0 Å². The molecule has 0 saturated heterocycles. The predicted octanol–water partition coefficient (Wildman–Crippen LogP) is 16.7. The Bertz CT molecular complexity index is 3520. The van der Waals surface area contributed by atoms with Crippen molar-refractivity contribution in [1.29, 1.82) is 0 Å². The molecule has 0 radical (unpaired) electrons. The van der Waals surface area contributed by atoms with Crippen LogP contribution in [0, 0.1) is 0 Å². The van der Waals surface area contributed by atoms with E-state index in [0.29, 0.717) is 0 Å². The number of rotatable bonds is 8. The molecule has 0 spiro atoms. The van der Waals surface area contributed by atoms with Crippen molar-refractivity contribution in [2.24, 2.45) is 0 Å². The first-order chi connectivity index (χ1) is 33.3. The molecule has 67 heavy (non-hydrogen) atoms. The van der Waals surface area contributed by atoms with Crippen LogP contribution in [0.2, 0.25) is 0 Å². The van der Waals surface area contributed by atoms with Crippen molar-refractivity contribution in [3.8, 4) is 33.4 Å². The molecular formula is C66H45N. The highest BCUT2D eigenvalue weighted by atomic mass is 15.1. The maximum absolute atomic E-state index is 2.51. The fourth-order valence-electron chi connectivity index (χ4n) is 11.9. The van der Waals surface area contributed by atoms with Crippen molar-refractivity contribution in [2.45, 2.75) is 10.8 Å². The molecule has 11 aromatic rings. The Labute approximate surface area is 392 Å². The fraction of sp³-hybridized carbons (Fsp3) is 0.0303. The third-order valence-corrected chi connectivity index (χ3v) is 14.6. The molecule has 0 heterocycles. The molecule has 0 aliphatic heterocycles. The first-order valence-electron chi connectivity index (χ1n) is 23.3. The van der Waals surface area contributed by atoms with Gasteiger partial charge in [-0.3, -0.25) is 0 Å². The van der Waals surface area contributed by atoms with Gasteiger partial charge in [0.2, 0.25) is 0 Å². The van der Waals surface area contributed by atoms with E-state index < -0.39 is 10.8 Å². The molecule has 0 bridgehead atoms. The lowest BCUT2D eigenvalue weighted by Crippen LogP contribution is -2.29. The molecule has 0 atom stereocenters. The largest absolute Gasteiger partial charge is 0.310 e. The summed E-state index contributed by atoms with van der Waals surface area (Å²) in [6.07, 6.45) is 0. The van der Waals surface area contributed by atoms with Gasteiger partial charge in [-0.1, -0.05) is 231 Å². The summed E-state index contributed by atoms with van der Waals surface area (Å²) in [7, 11) is 0. The smallest absolute Gasteiger partial charge is 0.0720 e. The Morgan fingerprint density at radius 2 is 0.701 bits per heavy atom. The minimum Gasteiger partial charge on any atom is -0.310 e. The minimum absolute atomic E-state index is 0.531. The Morgan fingerprint density at radius 1 is 0.269 bits per heavy atom. The van der Waals surface area contributed by atoms with Crippen LogP contribution in [0.3, 0.4) is 0 Å². The van der Waals surface area contributed by atoms with Gasteiger partial charge in [0.25, 0.3) is 0 Å². The molecule has 11 aromatic carbocycles. The zero-order valence-corrected chi connectivity index (χ0v) is 36.9. The number of nitrogens with zero attached hydrogens (tertiary/aromatic N) is 1. The SMILES string of the molecule is c1ccc(-c2cc3ccccc3c3c2-c2ccc(N(c4ccccc4)c4ccc5c(c4)C(c4ccccc4)(c4ccccc4)c4ccccc4-5)cc2C3(c2ccccc2)c2ccccc2)cc1. The quantitative estimate of drug-likeness (QED) is 0.147. The van der Waals surface area contributed by atoms with Gasteiger partial charge in [-0.05, 0) is 131 Å². The number of hydrogen-bond acceptors (Lipinski definition) is 1. The lowest BCUT2D eigenvalue weighted by Gasteiger charge is -2.36. The summed E-state index contributed by atoms with van der Waals surface area (Å²) in [6.45, 7) is 0. The van der Waals surface area contributed by atoms with E-state index in [0.717, 1.165) is 17.1 Å². The maximum atomic E-state index is 2.51. The summed E-state index contributed by atoms with van der Waals surface area (Å²) in [6, 6.07) is 101. The lowest BCUT2D eigenvalue weighted by atomic mass is 9.66. The van der Waals surface area contributed by atoms with E-state index in [1.807, 2.05) is 0 Å². The fourth-order valence-corrected chi connectivity index (χ4v) is 11.9. The highest BCUT2D eigenvalue weighted by Gasteiger charge is 2.49. The van der Waals surface area contributed by atoms with Gasteiger partial charge < -0.3 is 4.90 Å². The number of hydrogen-bond donors (Lipinski definition) is 0. The van der Waals surface area contributed by atoms with Crippen LogP contribution >= 0.6 is 0 Å². The Kier molecular flexibility index (Phi) is 9.05. The molecular weight excluding hydrogens is 807 g/mol. The second kappa shape index (κ2) is 15.6. The molecule has 0 N–H and O–H groups in total. The first kappa shape index (κ1) is 38.9. The van der Waals surface area contributed by atoms with Crippen LogP contribution in [0.1, 0.15) is 44.5 Å². The van der Waals surface area contributed by atoms with Crippen molar-refractivity contribution >= 4 is 27.8 Å². The van der Waals surface area contributed by atoms with Crippen LogP contribution in [-0.4, -0.2) is 0 Å². The van der Waals surface area contributed by atoms with Crippen LogP contribution in [0.15, 0.2) is 273 Å².